The number of aromatic nitrogens is 1. The van der Waals surface area contributed by atoms with E-state index in [-0.39, 0.29) is 5.75 Å². The van der Waals surface area contributed by atoms with Crippen molar-refractivity contribution in [2.24, 2.45) is 0 Å². The zero-order valence-electron chi connectivity index (χ0n) is 8.45. The second-order valence-corrected chi connectivity index (χ2v) is 4.72. The minimum absolute atomic E-state index is 0.224. The van der Waals surface area contributed by atoms with Gasteiger partial charge in [-0.15, -0.1) is 0 Å². The van der Waals surface area contributed by atoms with E-state index in [1.807, 2.05) is 0 Å². The van der Waals surface area contributed by atoms with Crippen LogP contribution >= 0.6 is 0 Å². The molecule has 0 spiro atoms. The summed E-state index contributed by atoms with van der Waals surface area (Å²) < 4.78 is 32.0. The Bertz CT molecular complexity index is 575. The molecule has 0 unspecified atom stereocenters. The van der Waals surface area contributed by atoms with Crippen LogP contribution in [0.1, 0.15) is 0 Å². The molecule has 0 radical (unpaired) electrons. The molecule has 16 heavy (non-hydrogen) atoms. The first-order valence-electron chi connectivity index (χ1n) is 4.43. The van der Waals surface area contributed by atoms with E-state index in [1.165, 1.54) is 12.6 Å². The van der Waals surface area contributed by atoms with E-state index in [4.69, 9.17) is 8.60 Å². The molecule has 0 aliphatic heterocycles. The van der Waals surface area contributed by atoms with Crippen LogP contribution in [0.15, 0.2) is 41.3 Å². The molecule has 5 nitrogen and oxygen atoms in total. The van der Waals surface area contributed by atoms with Gasteiger partial charge in [0, 0.05) is 0 Å². The second-order valence-electron chi connectivity index (χ2n) is 3.15. The van der Waals surface area contributed by atoms with Crippen molar-refractivity contribution in [3.63, 3.8) is 0 Å². The van der Waals surface area contributed by atoms with E-state index in [1.54, 1.807) is 24.3 Å². The Morgan fingerprint density at radius 3 is 2.69 bits per heavy atom. The van der Waals surface area contributed by atoms with Gasteiger partial charge in [0.25, 0.3) is 0 Å². The van der Waals surface area contributed by atoms with Gasteiger partial charge in [0.05, 0.1) is 18.0 Å². The molecule has 6 heteroatoms. The highest BCUT2D eigenvalue weighted by molar-refractivity contribution is 7.86. The van der Waals surface area contributed by atoms with Crippen molar-refractivity contribution in [3.05, 3.63) is 36.9 Å². The van der Waals surface area contributed by atoms with Gasteiger partial charge in [-0.1, -0.05) is 12.1 Å². The Morgan fingerprint density at radius 2 is 2.06 bits per heavy atom. The fourth-order valence-corrected chi connectivity index (χ4v) is 1.73. The number of rotatable bonds is 3. The molecule has 0 aliphatic carbocycles. The monoisotopic (exact) mass is 239 g/mol. The first-order valence-corrected chi connectivity index (χ1v) is 6.25. The average molecular weight is 239 g/mol. The van der Waals surface area contributed by atoms with Gasteiger partial charge in [-0.2, -0.15) is 8.42 Å². The number of para-hydroxylation sites is 1. The van der Waals surface area contributed by atoms with Crippen LogP contribution in [0.25, 0.3) is 11.3 Å². The molecule has 2 rings (SSSR count). The van der Waals surface area contributed by atoms with E-state index < -0.39 is 10.1 Å². The molecule has 0 amide bonds. The zero-order chi connectivity index (χ0) is 11.6. The van der Waals surface area contributed by atoms with Crippen molar-refractivity contribution < 1.29 is 17.0 Å². The lowest BCUT2D eigenvalue weighted by atomic mass is 10.2. The highest BCUT2D eigenvalue weighted by Gasteiger charge is 2.12. The standard InChI is InChI=1S/C10H9NO4S/c1-16(12,13)15-9-5-3-2-4-8(9)10-6-11-7-14-10/h2-7H,1H3. The summed E-state index contributed by atoms with van der Waals surface area (Å²) in [7, 11) is -3.55. The third kappa shape index (κ3) is 2.40. The molecule has 0 saturated carbocycles. The van der Waals surface area contributed by atoms with Crippen LogP contribution in [0.4, 0.5) is 0 Å². The largest absolute Gasteiger partial charge is 0.443 e. The fraction of sp³-hybridized carbons (Fsp3) is 0.100. The molecule has 1 aromatic heterocycles. The van der Waals surface area contributed by atoms with Crippen LogP contribution < -0.4 is 4.18 Å². The van der Waals surface area contributed by atoms with Crippen LogP contribution in [-0.4, -0.2) is 19.7 Å². The van der Waals surface area contributed by atoms with E-state index in [0.717, 1.165) is 6.26 Å². The summed E-state index contributed by atoms with van der Waals surface area (Å²) in [6.45, 7) is 0. The molecule has 0 N–H and O–H groups in total. The van der Waals surface area contributed by atoms with Gasteiger partial charge >= 0.3 is 10.1 Å². The maximum atomic E-state index is 11.1. The predicted octanol–water partition coefficient (Wildman–Crippen LogP) is 1.68. The molecule has 1 heterocycles. The van der Waals surface area contributed by atoms with Crippen molar-refractivity contribution in [1.29, 1.82) is 0 Å². The van der Waals surface area contributed by atoms with Crippen LogP contribution in [-0.2, 0) is 10.1 Å². The quantitative estimate of drug-likeness (QED) is 0.762. The van der Waals surface area contributed by atoms with Gasteiger partial charge in [-0.25, -0.2) is 4.98 Å². The van der Waals surface area contributed by atoms with Gasteiger partial charge < -0.3 is 8.60 Å². The Kier molecular flexibility index (Phi) is 2.66. The Morgan fingerprint density at radius 1 is 1.31 bits per heavy atom. The Hall–Kier alpha value is -1.82. The van der Waals surface area contributed by atoms with E-state index >= 15 is 0 Å². The van der Waals surface area contributed by atoms with Crippen molar-refractivity contribution in [3.8, 4) is 17.1 Å². The van der Waals surface area contributed by atoms with Gasteiger partial charge in [0.15, 0.2) is 17.9 Å². The maximum absolute atomic E-state index is 11.1. The molecule has 0 atom stereocenters. The van der Waals surface area contributed by atoms with Crippen LogP contribution in [0.3, 0.4) is 0 Å². The smallest absolute Gasteiger partial charge is 0.306 e. The molecule has 84 valence electrons. The first-order chi connectivity index (χ1) is 7.56. The molecule has 0 fully saturated rings. The topological polar surface area (TPSA) is 69.4 Å². The number of benzene rings is 1. The van der Waals surface area contributed by atoms with Crippen LogP contribution in [0, 0.1) is 0 Å². The third-order valence-electron chi connectivity index (χ3n) is 1.83. The fourth-order valence-electron chi connectivity index (χ4n) is 1.25. The van der Waals surface area contributed by atoms with Crippen molar-refractivity contribution in [2.45, 2.75) is 0 Å². The minimum atomic E-state index is -3.55. The highest BCUT2D eigenvalue weighted by Crippen LogP contribution is 2.29. The second kappa shape index (κ2) is 3.97. The first kappa shape index (κ1) is 10.7. The van der Waals surface area contributed by atoms with Crippen LogP contribution in [0.5, 0.6) is 5.75 Å². The highest BCUT2D eigenvalue weighted by atomic mass is 32.2. The molecular weight excluding hydrogens is 230 g/mol. The summed E-state index contributed by atoms with van der Waals surface area (Å²) in [5.41, 5.74) is 0.547. The minimum Gasteiger partial charge on any atom is -0.443 e. The molecule has 0 aliphatic rings. The lowest BCUT2D eigenvalue weighted by Gasteiger charge is -2.06. The lowest BCUT2D eigenvalue weighted by molar-refractivity contribution is 0.492. The number of oxazole rings is 1. The van der Waals surface area contributed by atoms with Gasteiger partial charge in [-0.05, 0) is 12.1 Å². The molecular formula is C10H9NO4S. The van der Waals surface area contributed by atoms with E-state index in [2.05, 4.69) is 4.98 Å². The lowest BCUT2D eigenvalue weighted by Crippen LogP contribution is -2.06. The maximum Gasteiger partial charge on any atom is 0.306 e. The number of hydrogen-bond acceptors (Lipinski definition) is 5. The van der Waals surface area contributed by atoms with Crippen molar-refractivity contribution in [2.75, 3.05) is 6.26 Å². The zero-order valence-corrected chi connectivity index (χ0v) is 9.27. The normalized spacial score (nSPS) is 11.3. The van der Waals surface area contributed by atoms with Crippen LogP contribution in [0.2, 0.25) is 0 Å². The van der Waals surface area contributed by atoms with Crippen molar-refractivity contribution >= 4 is 10.1 Å². The summed E-state index contributed by atoms with van der Waals surface area (Å²) in [4.78, 5) is 3.76. The van der Waals surface area contributed by atoms with Crippen molar-refractivity contribution in [1.82, 2.24) is 4.98 Å². The summed E-state index contributed by atoms with van der Waals surface area (Å²) in [6, 6.07) is 6.69. The SMILES string of the molecule is CS(=O)(=O)Oc1ccccc1-c1cnco1. The predicted molar refractivity (Wildman–Crippen MR) is 57.4 cm³/mol. The van der Waals surface area contributed by atoms with Gasteiger partial charge in [-0.3, -0.25) is 0 Å². The number of hydrogen-bond donors (Lipinski definition) is 0. The molecule has 2 aromatic rings. The van der Waals surface area contributed by atoms with Gasteiger partial charge in [0.2, 0.25) is 0 Å². The van der Waals surface area contributed by atoms with E-state index in [9.17, 15) is 8.42 Å². The Labute approximate surface area is 92.8 Å². The number of nitrogens with zero attached hydrogens (tertiary/aromatic N) is 1. The Balaban J connectivity index is 2.47. The summed E-state index contributed by atoms with van der Waals surface area (Å²) in [6.07, 6.45) is 3.75. The average Bonchev–Trinajstić information content (AvgIpc) is 2.69. The van der Waals surface area contributed by atoms with E-state index in [0.29, 0.717) is 11.3 Å². The van der Waals surface area contributed by atoms with Gasteiger partial charge in [0.1, 0.15) is 0 Å². The third-order valence-corrected chi connectivity index (χ3v) is 2.31. The summed E-state index contributed by atoms with van der Waals surface area (Å²) in [5, 5.41) is 0. The summed E-state index contributed by atoms with van der Waals surface area (Å²) in [5.74, 6) is 0.681. The molecule has 0 saturated heterocycles. The molecule has 0 bridgehead atoms. The molecule has 1 aromatic carbocycles. The summed E-state index contributed by atoms with van der Waals surface area (Å²) >= 11 is 0.